The molecule has 1 aromatic carbocycles. The number of hydrogen-bond donors (Lipinski definition) is 4. The minimum absolute atomic E-state index is 0.223. The molecule has 1 rings (SSSR count). The highest BCUT2D eigenvalue weighted by atomic mass is 16.5. The molecule has 0 aliphatic carbocycles. The number of urea groups is 1. The number of nitrogens with one attached hydrogen (secondary N) is 3. The van der Waals surface area contributed by atoms with Crippen molar-refractivity contribution < 1.29 is 14.8 Å². The number of amides is 3. The molecule has 3 amide bonds. The molecule has 0 saturated carbocycles. The van der Waals surface area contributed by atoms with E-state index in [0.29, 0.717) is 13.0 Å². The van der Waals surface area contributed by atoms with Crippen LogP contribution in [0.1, 0.15) is 32.3 Å². The third-order valence-corrected chi connectivity index (χ3v) is 3.21. The van der Waals surface area contributed by atoms with Gasteiger partial charge in [-0.2, -0.15) is 0 Å². The Bertz CT molecular complexity index is 463. The van der Waals surface area contributed by atoms with Crippen molar-refractivity contribution in [2.45, 2.75) is 39.2 Å². The molecule has 0 saturated heterocycles. The van der Waals surface area contributed by atoms with Crippen LogP contribution in [-0.2, 0) is 11.2 Å². The van der Waals surface area contributed by atoms with Gasteiger partial charge in [0.25, 0.3) is 5.91 Å². The summed E-state index contributed by atoms with van der Waals surface area (Å²) in [6, 6.07) is 8.89. The average Bonchev–Trinajstić information content (AvgIpc) is 2.50. The van der Waals surface area contributed by atoms with E-state index in [1.807, 2.05) is 44.2 Å². The molecule has 0 aromatic heterocycles. The van der Waals surface area contributed by atoms with Crippen molar-refractivity contribution in [3.63, 3.8) is 0 Å². The summed E-state index contributed by atoms with van der Waals surface area (Å²) in [4.78, 5) is 23.3. The van der Waals surface area contributed by atoms with Crippen LogP contribution < -0.4 is 16.1 Å². The Morgan fingerprint density at radius 2 is 1.86 bits per heavy atom. The number of rotatable bonds is 8. The summed E-state index contributed by atoms with van der Waals surface area (Å²) in [6.45, 7) is 4.41. The summed E-state index contributed by atoms with van der Waals surface area (Å²) in [5, 5.41) is 14.0. The molecule has 0 fully saturated rings. The van der Waals surface area contributed by atoms with Crippen molar-refractivity contribution in [3.05, 3.63) is 35.9 Å². The third-order valence-electron chi connectivity index (χ3n) is 3.21. The second-order valence-corrected chi connectivity index (χ2v) is 5.65. The van der Waals surface area contributed by atoms with Crippen molar-refractivity contribution in [1.29, 1.82) is 0 Å². The van der Waals surface area contributed by atoms with Crippen LogP contribution in [-0.4, -0.2) is 29.7 Å². The number of benzene rings is 1. The quantitative estimate of drug-likeness (QED) is 0.335. The van der Waals surface area contributed by atoms with Crippen LogP contribution in [0.3, 0.4) is 0 Å². The Morgan fingerprint density at radius 1 is 1.18 bits per heavy atom. The Kier molecular flexibility index (Phi) is 7.99. The summed E-state index contributed by atoms with van der Waals surface area (Å²) >= 11 is 0. The molecule has 6 nitrogen and oxygen atoms in total. The summed E-state index contributed by atoms with van der Waals surface area (Å²) in [6.07, 6.45) is 2.16. The molecule has 1 aromatic rings. The fourth-order valence-corrected chi connectivity index (χ4v) is 2.13. The smallest absolute Gasteiger partial charge is 0.315 e. The third kappa shape index (κ3) is 7.08. The van der Waals surface area contributed by atoms with Crippen LogP contribution in [0.25, 0.3) is 0 Å². The van der Waals surface area contributed by atoms with Gasteiger partial charge in [0.15, 0.2) is 0 Å². The first kappa shape index (κ1) is 18.0. The Balaban J connectivity index is 2.29. The van der Waals surface area contributed by atoms with Crippen molar-refractivity contribution in [3.8, 4) is 0 Å². The lowest BCUT2D eigenvalue weighted by Gasteiger charge is -2.18. The van der Waals surface area contributed by atoms with Crippen LogP contribution in [0.2, 0.25) is 0 Å². The van der Waals surface area contributed by atoms with E-state index < -0.39 is 18.0 Å². The molecule has 6 heteroatoms. The van der Waals surface area contributed by atoms with E-state index in [0.717, 1.165) is 12.8 Å². The fourth-order valence-electron chi connectivity index (χ4n) is 2.13. The summed E-state index contributed by atoms with van der Waals surface area (Å²) < 4.78 is 0. The van der Waals surface area contributed by atoms with Gasteiger partial charge in [-0.1, -0.05) is 44.2 Å². The highest BCUT2D eigenvalue weighted by molar-refractivity contribution is 5.86. The molecular formula is C16H25N3O3. The zero-order chi connectivity index (χ0) is 16.4. The molecule has 122 valence electrons. The van der Waals surface area contributed by atoms with E-state index in [1.54, 1.807) is 5.48 Å². The first-order chi connectivity index (χ1) is 10.5. The van der Waals surface area contributed by atoms with Gasteiger partial charge in [-0.3, -0.25) is 10.0 Å². The van der Waals surface area contributed by atoms with Crippen LogP contribution in [0, 0.1) is 5.92 Å². The molecular weight excluding hydrogens is 282 g/mol. The lowest BCUT2D eigenvalue weighted by atomic mass is 10.0. The Morgan fingerprint density at radius 3 is 2.45 bits per heavy atom. The minimum atomic E-state index is -0.737. The van der Waals surface area contributed by atoms with E-state index in [4.69, 9.17) is 5.21 Å². The first-order valence-electron chi connectivity index (χ1n) is 7.55. The van der Waals surface area contributed by atoms with E-state index in [1.165, 1.54) is 5.56 Å². The SMILES string of the molecule is CC(C)C[C@H](NC(=O)NCCCc1ccccc1)C(=O)NO. The van der Waals surface area contributed by atoms with Crippen molar-refractivity contribution in [2.75, 3.05) is 6.54 Å². The highest BCUT2D eigenvalue weighted by Crippen LogP contribution is 2.05. The topological polar surface area (TPSA) is 90.5 Å². The number of aryl methyl sites for hydroxylation is 1. The second kappa shape index (κ2) is 9.78. The molecule has 1 atom stereocenters. The summed E-state index contributed by atoms with van der Waals surface area (Å²) in [7, 11) is 0. The highest BCUT2D eigenvalue weighted by Gasteiger charge is 2.21. The lowest BCUT2D eigenvalue weighted by molar-refractivity contribution is -0.131. The predicted octanol–water partition coefficient (Wildman–Crippen LogP) is 1.84. The zero-order valence-corrected chi connectivity index (χ0v) is 13.1. The van der Waals surface area contributed by atoms with E-state index in [2.05, 4.69) is 10.6 Å². The number of hydroxylamine groups is 1. The molecule has 4 N–H and O–H groups in total. The summed E-state index contributed by atoms with van der Waals surface area (Å²) in [5.74, 6) is -0.381. The maximum atomic E-state index is 11.8. The number of carbonyl (C=O) groups excluding carboxylic acids is 2. The van der Waals surface area contributed by atoms with Crippen LogP contribution in [0.4, 0.5) is 4.79 Å². The van der Waals surface area contributed by atoms with Crippen molar-refractivity contribution >= 4 is 11.9 Å². The largest absolute Gasteiger partial charge is 0.338 e. The van der Waals surface area contributed by atoms with Crippen molar-refractivity contribution in [2.24, 2.45) is 5.92 Å². The Hall–Kier alpha value is -2.08. The fraction of sp³-hybridized carbons (Fsp3) is 0.500. The maximum absolute atomic E-state index is 11.8. The van der Waals surface area contributed by atoms with E-state index in [-0.39, 0.29) is 5.92 Å². The normalized spacial score (nSPS) is 11.8. The average molecular weight is 307 g/mol. The first-order valence-corrected chi connectivity index (χ1v) is 7.55. The van der Waals surface area contributed by atoms with Gasteiger partial charge in [0.05, 0.1) is 0 Å². The van der Waals surface area contributed by atoms with Crippen molar-refractivity contribution in [1.82, 2.24) is 16.1 Å². The second-order valence-electron chi connectivity index (χ2n) is 5.65. The van der Waals surface area contributed by atoms with Gasteiger partial charge < -0.3 is 10.6 Å². The molecule has 0 bridgehead atoms. The van der Waals surface area contributed by atoms with Gasteiger partial charge in [-0.15, -0.1) is 0 Å². The van der Waals surface area contributed by atoms with Crippen LogP contribution in [0.5, 0.6) is 0 Å². The molecule has 0 aliphatic heterocycles. The lowest BCUT2D eigenvalue weighted by Crippen LogP contribution is -2.50. The van der Waals surface area contributed by atoms with Gasteiger partial charge in [-0.25, -0.2) is 10.3 Å². The number of carbonyl (C=O) groups is 2. The van der Waals surface area contributed by atoms with Crippen LogP contribution >= 0.6 is 0 Å². The van der Waals surface area contributed by atoms with Crippen LogP contribution in [0.15, 0.2) is 30.3 Å². The molecule has 0 spiro atoms. The van der Waals surface area contributed by atoms with Gasteiger partial charge in [-0.05, 0) is 30.7 Å². The van der Waals surface area contributed by atoms with Gasteiger partial charge in [0, 0.05) is 6.54 Å². The summed E-state index contributed by atoms with van der Waals surface area (Å²) in [5.41, 5.74) is 2.81. The number of hydrogen-bond acceptors (Lipinski definition) is 3. The molecule has 0 heterocycles. The maximum Gasteiger partial charge on any atom is 0.315 e. The molecule has 0 aliphatic rings. The Labute approximate surface area is 131 Å². The van der Waals surface area contributed by atoms with E-state index in [9.17, 15) is 9.59 Å². The molecule has 0 unspecified atom stereocenters. The zero-order valence-electron chi connectivity index (χ0n) is 13.1. The van der Waals surface area contributed by atoms with Gasteiger partial charge in [0.2, 0.25) is 0 Å². The van der Waals surface area contributed by atoms with Gasteiger partial charge >= 0.3 is 6.03 Å². The van der Waals surface area contributed by atoms with Gasteiger partial charge in [0.1, 0.15) is 6.04 Å². The minimum Gasteiger partial charge on any atom is -0.338 e. The standard InChI is InChI=1S/C16H25N3O3/c1-12(2)11-14(15(20)19-22)18-16(21)17-10-6-9-13-7-4-3-5-8-13/h3-5,7-8,12,14,22H,6,9-11H2,1-2H3,(H,19,20)(H2,17,18,21)/t14-/m0/s1. The monoisotopic (exact) mass is 307 g/mol. The van der Waals surface area contributed by atoms with E-state index >= 15 is 0 Å². The molecule has 0 radical (unpaired) electrons. The molecule has 22 heavy (non-hydrogen) atoms. The predicted molar refractivity (Wildman–Crippen MR) is 84.5 cm³/mol.